The zero-order chi connectivity index (χ0) is 14.5. The van der Waals surface area contributed by atoms with Gasteiger partial charge in [0.1, 0.15) is 5.75 Å². The molecular formula is C15H16Cl2N2O. The summed E-state index contributed by atoms with van der Waals surface area (Å²) in [5.74, 6) is 1.02. The van der Waals surface area contributed by atoms with Crippen LogP contribution in [0.2, 0.25) is 10.0 Å². The lowest BCUT2D eigenvalue weighted by molar-refractivity contribution is 0.460. The van der Waals surface area contributed by atoms with Crippen molar-refractivity contribution in [3.63, 3.8) is 0 Å². The summed E-state index contributed by atoms with van der Waals surface area (Å²) in [4.78, 5) is 4.36. The van der Waals surface area contributed by atoms with Gasteiger partial charge in [-0.1, -0.05) is 30.1 Å². The van der Waals surface area contributed by atoms with Crippen molar-refractivity contribution in [1.29, 1.82) is 0 Å². The number of ether oxygens (including phenoxy) is 1. The third-order valence-corrected chi connectivity index (χ3v) is 3.22. The molecule has 106 valence electrons. The van der Waals surface area contributed by atoms with Gasteiger partial charge in [0, 0.05) is 29.4 Å². The molecule has 1 heterocycles. The molecule has 1 aromatic carbocycles. The molecule has 0 radical (unpaired) electrons. The molecule has 0 spiro atoms. The van der Waals surface area contributed by atoms with Crippen LogP contribution in [0.5, 0.6) is 11.6 Å². The van der Waals surface area contributed by atoms with E-state index < -0.39 is 0 Å². The van der Waals surface area contributed by atoms with Gasteiger partial charge in [-0.2, -0.15) is 0 Å². The molecule has 1 aromatic heterocycles. The fourth-order valence-electron chi connectivity index (χ4n) is 1.80. The fourth-order valence-corrected chi connectivity index (χ4v) is 2.12. The Morgan fingerprint density at radius 2 is 2.00 bits per heavy atom. The van der Waals surface area contributed by atoms with E-state index in [2.05, 4.69) is 17.2 Å². The van der Waals surface area contributed by atoms with Crippen LogP contribution < -0.4 is 10.1 Å². The summed E-state index contributed by atoms with van der Waals surface area (Å²) in [6.45, 7) is 5.69. The minimum atomic E-state index is 0.505. The SMILES string of the molecule is CCNCc1cc(C)nc(Oc2cc(Cl)ccc2Cl)c1. The largest absolute Gasteiger partial charge is 0.437 e. The average molecular weight is 311 g/mol. The summed E-state index contributed by atoms with van der Waals surface area (Å²) in [6, 6.07) is 9.02. The monoisotopic (exact) mass is 310 g/mol. The van der Waals surface area contributed by atoms with Crippen molar-refractivity contribution in [1.82, 2.24) is 10.3 Å². The molecule has 2 rings (SSSR count). The Morgan fingerprint density at radius 1 is 1.20 bits per heavy atom. The molecule has 0 saturated heterocycles. The zero-order valence-electron chi connectivity index (χ0n) is 11.4. The minimum absolute atomic E-state index is 0.505. The van der Waals surface area contributed by atoms with Crippen molar-refractivity contribution in [2.24, 2.45) is 0 Å². The Morgan fingerprint density at radius 3 is 2.75 bits per heavy atom. The summed E-state index contributed by atoms with van der Waals surface area (Å²) >= 11 is 12.0. The Labute approximate surface area is 128 Å². The van der Waals surface area contributed by atoms with Gasteiger partial charge in [-0.05, 0) is 37.2 Å². The van der Waals surface area contributed by atoms with Gasteiger partial charge < -0.3 is 10.1 Å². The highest BCUT2D eigenvalue weighted by molar-refractivity contribution is 6.34. The molecule has 3 nitrogen and oxygen atoms in total. The van der Waals surface area contributed by atoms with E-state index >= 15 is 0 Å². The summed E-state index contributed by atoms with van der Waals surface area (Å²) in [5, 5.41) is 4.35. The van der Waals surface area contributed by atoms with Crippen LogP contribution in [0.1, 0.15) is 18.2 Å². The van der Waals surface area contributed by atoms with Crippen LogP contribution in [0.4, 0.5) is 0 Å². The first-order valence-electron chi connectivity index (χ1n) is 6.39. The highest BCUT2D eigenvalue weighted by Gasteiger charge is 2.07. The summed E-state index contributed by atoms with van der Waals surface area (Å²) in [7, 11) is 0. The first kappa shape index (κ1) is 15.1. The van der Waals surface area contributed by atoms with Crippen molar-refractivity contribution in [2.45, 2.75) is 20.4 Å². The highest BCUT2D eigenvalue weighted by Crippen LogP contribution is 2.31. The number of pyridine rings is 1. The standard InChI is InChI=1S/C15H16Cl2N2O/c1-3-18-9-11-6-10(2)19-15(7-11)20-14-8-12(16)4-5-13(14)17/h4-8,18H,3,9H2,1-2H3. The van der Waals surface area contributed by atoms with Crippen LogP contribution in [0.15, 0.2) is 30.3 Å². The van der Waals surface area contributed by atoms with Crippen LogP contribution in [0, 0.1) is 6.92 Å². The van der Waals surface area contributed by atoms with E-state index in [0.29, 0.717) is 21.7 Å². The first-order valence-corrected chi connectivity index (χ1v) is 7.15. The van der Waals surface area contributed by atoms with E-state index in [9.17, 15) is 0 Å². The van der Waals surface area contributed by atoms with Gasteiger partial charge in [-0.25, -0.2) is 4.98 Å². The molecule has 0 aliphatic carbocycles. The van der Waals surface area contributed by atoms with E-state index in [1.54, 1.807) is 18.2 Å². The molecule has 0 unspecified atom stereocenters. The third-order valence-electron chi connectivity index (χ3n) is 2.68. The molecule has 0 aliphatic rings. The Hall–Kier alpha value is -1.29. The number of nitrogens with one attached hydrogen (secondary N) is 1. The number of rotatable bonds is 5. The topological polar surface area (TPSA) is 34.2 Å². The van der Waals surface area contributed by atoms with Crippen molar-refractivity contribution in [3.05, 3.63) is 51.6 Å². The zero-order valence-corrected chi connectivity index (χ0v) is 12.9. The van der Waals surface area contributed by atoms with E-state index in [-0.39, 0.29) is 0 Å². The maximum Gasteiger partial charge on any atom is 0.219 e. The van der Waals surface area contributed by atoms with Gasteiger partial charge in [0.15, 0.2) is 0 Å². The molecule has 5 heteroatoms. The molecule has 1 N–H and O–H groups in total. The molecule has 0 atom stereocenters. The number of aromatic nitrogens is 1. The molecule has 2 aromatic rings. The average Bonchev–Trinajstić information content (AvgIpc) is 2.40. The second-order valence-electron chi connectivity index (χ2n) is 4.41. The second kappa shape index (κ2) is 6.93. The highest BCUT2D eigenvalue weighted by atomic mass is 35.5. The quantitative estimate of drug-likeness (QED) is 0.876. The summed E-state index contributed by atoms with van der Waals surface area (Å²) in [6.07, 6.45) is 0. The number of benzene rings is 1. The van der Waals surface area contributed by atoms with Crippen LogP contribution in [-0.4, -0.2) is 11.5 Å². The van der Waals surface area contributed by atoms with Gasteiger partial charge in [0.25, 0.3) is 0 Å². The molecule has 0 aliphatic heterocycles. The maximum atomic E-state index is 6.09. The van der Waals surface area contributed by atoms with Crippen molar-refractivity contribution < 1.29 is 4.74 Å². The second-order valence-corrected chi connectivity index (χ2v) is 5.26. The fraction of sp³-hybridized carbons (Fsp3) is 0.267. The smallest absolute Gasteiger partial charge is 0.219 e. The number of hydrogen-bond acceptors (Lipinski definition) is 3. The van der Waals surface area contributed by atoms with Gasteiger partial charge in [0.05, 0.1) is 5.02 Å². The predicted octanol–water partition coefficient (Wildman–Crippen LogP) is 4.60. The Kier molecular flexibility index (Phi) is 5.24. The number of aryl methyl sites for hydroxylation is 1. The predicted molar refractivity (Wildman–Crippen MR) is 82.9 cm³/mol. The van der Waals surface area contributed by atoms with Gasteiger partial charge in [0.2, 0.25) is 5.88 Å². The van der Waals surface area contributed by atoms with Crippen molar-refractivity contribution in [3.8, 4) is 11.6 Å². The van der Waals surface area contributed by atoms with Crippen molar-refractivity contribution in [2.75, 3.05) is 6.54 Å². The van der Waals surface area contributed by atoms with E-state index in [1.807, 2.05) is 19.1 Å². The number of nitrogens with zero attached hydrogens (tertiary/aromatic N) is 1. The van der Waals surface area contributed by atoms with Crippen LogP contribution in [-0.2, 0) is 6.54 Å². The summed E-state index contributed by atoms with van der Waals surface area (Å²) in [5.41, 5.74) is 2.01. The van der Waals surface area contributed by atoms with Gasteiger partial charge in [-0.3, -0.25) is 0 Å². The number of hydrogen-bond donors (Lipinski definition) is 1. The molecule has 0 bridgehead atoms. The van der Waals surface area contributed by atoms with E-state index in [0.717, 1.165) is 24.3 Å². The molecule has 0 fully saturated rings. The molecular weight excluding hydrogens is 295 g/mol. The third kappa shape index (κ3) is 4.10. The van der Waals surface area contributed by atoms with Crippen LogP contribution in [0.3, 0.4) is 0 Å². The van der Waals surface area contributed by atoms with Crippen LogP contribution in [0.25, 0.3) is 0 Å². The van der Waals surface area contributed by atoms with Gasteiger partial charge >= 0.3 is 0 Å². The molecule has 0 saturated carbocycles. The Balaban J connectivity index is 2.24. The Bertz CT molecular complexity index is 602. The van der Waals surface area contributed by atoms with Crippen LogP contribution >= 0.6 is 23.2 Å². The lowest BCUT2D eigenvalue weighted by Gasteiger charge is -2.10. The lowest BCUT2D eigenvalue weighted by Crippen LogP contribution is -2.12. The lowest BCUT2D eigenvalue weighted by atomic mass is 10.2. The molecule has 0 amide bonds. The van der Waals surface area contributed by atoms with E-state index in [1.165, 1.54) is 0 Å². The van der Waals surface area contributed by atoms with Gasteiger partial charge in [-0.15, -0.1) is 0 Å². The maximum absolute atomic E-state index is 6.09. The minimum Gasteiger partial charge on any atom is -0.437 e. The normalized spacial score (nSPS) is 10.6. The summed E-state index contributed by atoms with van der Waals surface area (Å²) < 4.78 is 5.74. The number of halogens is 2. The van der Waals surface area contributed by atoms with Crippen molar-refractivity contribution >= 4 is 23.2 Å². The first-order chi connectivity index (χ1) is 9.58. The molecule has 20 heavy (non-hydrogen) atoms. The van der Waals surface area contributed by atoms with E-state index in [4.69, 9.17) is 27.9 Å².